The third-order valence-corrected chi connectivity index (χ3v) is 17.3. The number of rotatable bonds is 8. The fraction of sp³-hybridized carbons (Fsp3) is 0.0625. The Balaban J connectivity index is 1.77. The smallest absolute Gasteiger partial charge is 0.0260 e. The molecule has 0 aliphatic carbocycles. The van der Waals surface area contributed by atoms with Gasteiger partial charge in [0.2, 0.25) is 0 Å². The van der Waals surface area contributed by atoms with Gasteiger partial charge in [-0.1, -0.05) is 175 Å². The number of hydrogen-bond acceptors (Lipinski definition) is 2. The summed E-state index contributed by atoms with van der Waals surface area (Å²) in [6, 6.07) is 49.3. The molecule has 0 bridgehead atoms. The largest absolute Gasteiger partial charge is 0.0876 e. The molecule has 36 heavy (non-hydrogen) atoms. The fourth-order valence-corrected chi connectivity index (χ4v) is 15.3. The molecule has 0 heterocycles. The zero-order valence-corrected chi connectivity index (χ0v) is 23.4. The molecule has 4 heteroatoms. The van der Waals surface area contributed by atoms with Crippen molar-refractivity contribution in [1.29, 1.82) is 0 Å². The molecule has 0 amide bonds. The molecule has 0 spiro atoms. The van der Waals surface area contributed by atoms with Crippen molar-refractivity contribution in [2.24, 2.45) is 0 Å². The Bertz CT molecular complexity index is 1400. The van der Waals surface area contributed by atoms with E-state index >= 15 is 0 Å². The summed E-state index contributed by atoms with van der Waals surface area (Å²) in [4.78, 5) is 0. The molecule has 178 valence electrons. The minimum atomic E-state index is -2.30. The maximum atomic E-state index is 6.89. The zero-order chi connectivity index (χ0) is 24.8. The highest BCUT2D eigenvalue weighted by molar-refractivity contribution is 8.24. The Labute approximate surface area is 225 Å². The molecule has 5 aromatic rings. The Hall–Kier alpha value is -2.60. The Morgan fingerprint density at radius 2 is 0.722 bits per heavy atom. The first kappa shape index (κ1) is 25.1. The van der Waals surface area contributed by atoms with E-state index in [1.54, 1.807) is 0 Å². The van der Waals surface area contributed by atoms with E-state index in [-0.39, 0.29) is 5.66 Å². The monoisotopic (exact) mass is 538 g/mol. The van der Waals surface area contributed by atoms with Crippen molar-refractivity contribution in [1.82, 2.24) is 0 Å². The average Bonchev–Trinajstić information content (AvgIpc) is 2.97. The molecule has 5 aromatic carbocycles. The lowest BCUT2D eigenvalue weighted by Crippen LogP contribution is -2.27. The molecule has 0 nitrogen and oxygen atoms in total. The topological polar surface area (TPSA) is 0 Å². The number of hydrogen-bond donors (Lipinski definition) is 0. The van der Waals surface area contributed by atoms with Gasteiger partial charge in [0.05, 0.1) is 0 Å². The van der Waals surface area contributed by atoms with Crippen molar-refractivity contribution in [3.63, 3.8) is 0 Å². The fourth-order valence-electron chi connectivity index (χ4n) is 4.85. The lowest BCUT2D eigenvalue weighted by molar-refractivity contribution is 1.10. The molecule has 5 rings (SSSR count). The van der Waals surface area contributed by atoms with E-state index in [4.69, 9.17) is 23.6 Å². The second-order valence-corrected chi connectivity index (χ2v) is 18.3. The van der Waals surface area contributed by atoms with Gasteiger partial charge in [-0.25, -0.2) is 0 Å². The van der Waals surface area contributed by atoms with E-state index < -0.39 is 12.1 Å². The van der Waals surface area contributed by atoms with Crippen LogP contribution in [-0.4, -0.2) is 6.16 Å². The van der Waals surface area contributed by atoms with Gasteiger partial charge in [0.25, 0.3) is 0 Å². The van der Waals surface area contributed by atoms with E-state index in [9.17, 15) is 0 Å². The molecule has 0 aliphatic heterocycles. The van der Waals surface area contributed by atoms with Crippen molar-refractivity contribution in [2.45, 2.75) is 5.66 Å². The summed E-state index contributed by atoms with van der Waals surface area (Å²) < 4.78 is 0. The van der Waals surface area contributed by atoms with Crippen LogP contribution in [0, 0.1) is 0 Å². The molecule has 0 saturated carbocycles. The van der Waals surface area contributed by atoms with Gasteiger partial charge in [0.1, 0.15) is 0 Å². The SMILES string of the molecule is S=P(CC(c1ccccc1)P(=S)(c1ccccc1)c1ccccc1)(c1ccccc1)c1ccccc1. The predicted octanol–water partition coefficient (Wildman–Crippen LogP) is 6.99. The first-order valence-electron chi connectivity index (χ1n) is 12.1. The van der Waals surface area contributed by atoms with Gasteiger partial charge < -0.3 is 0 Å². The van der Waals surface area contributed by atoms with Crippen LogP contribution in [0.1, 0.15) is 11.2 Å². The van der Waals surface area contributed by atoms with Crippen LogP contribution in [0.3, 0.4) is 0 Å². The molecule has 1 atom stereocenters. The summed E-state index contributed by atoms with van der Waals surface area (Å²) in [7, 11) is 0. The number of benzene rings is 5. The van der Waals surface area contributed by atoms with Crippen LogP contribution in [0.5, 0.6) is 0 Å². The average molecular weight is 539 g/mol. The summed E-state index contributed by atoms with van der Waals surface area (Å²) in [5, 5.41) is 4.97. The Morgan fingerprint density at radius 1 is 0.417 bits per heavy atom. The van der Waals surface area contributed by atoms with Crippen LogP contribution in [0.2, 0.25) is 0 Å². The molecule has 0 radical (unpaired) electrons. The van der Waals surface area contributed by atoms with Gasteiger partial charge in [-0.05, 0) is 32.9 Å². The molecule has 1 unspecified atom stereocenters. The van der Waals surface area contributed by atoms with Crippen LogP contribution in [0.15, 0.2) is 152 Å². The lowest BCUT2D eigenvalue weighted by Gasteiger charge is -2.37. The minimum absolute atomic E-state index is 0.102. The molecule has 0 N–H and O–H groups in total. The van der Waals surface area contributed by atoms with Crippen molar-refractivity contribution in [3.05, 3.63) is 157 Å². The van der Waals surface area contributed by atoms with Crippen molar-refractivity contribution >= 4 is 56.9 Å². The summed E-state index contributed by atoms with van der Waals surface area (Å²) in [5.41, 5.74) is 1.37. The maximum absolute atomic E-state index is 6.89. The van der Waals surface area contributed by atoms with Gasteiger partial charge in [0.15, 0.2) is 0 Å². The van der Waals surface area contributed by atoms with Crippen molar-refractivity contribution in [3.8, 4) is 0 Å². The normalized spacial score (nSPS) is 12.7. The first-order chi connectivity index (χ1) is 17.6. The van der Waals surface area contributed by atoms with Gasteiger partial charge in [-0.15, -0.1) is 0 Å². The van der Waals surface area contributed by atoms with Crippen LogP contribution < -0.4 is 21.2 Å². The third kappa shape index (κ3) is 4.97. The standard InChI is InChI=1S/C32H28P2S2/c35-33(28-18-8-2-9-19-28,29-20-10-3-11-21-29)26-32(27-16-6-1-7-17-27)34(36,30-22-12-4-13-23-30)31-24-14-5-15-25-31/h1-25,32H,26H2. The van der Waals surface area contributed by atoms with Gasteiger partial charge in [0, 0.05) is 17.7 Å². The molecular formula is C32H28P2S2. The van der Waals surface area contributed by atoms with E-state index in [2.05, 4.69) is 152 Å². The quantitative estimate of drug-likeness (QED) is 0.195. The summed E-state index contributed by atoms with van der Waals surface area (Å²) in [6.07, 6.45) is 0.835. The zero-order valence-electron chi connectivity index (χ0n) is 19.9. The van der Waals surface area contributed by atoms with Gasteiger partial charge in [-0.3, -0.25) is 0 Å². The lowest BCUT2D eigenvalue weighted by atomic mass is 10.2. The minimum Gasteiger partial charge on any atom is -0.0876 e. The van der Waals surface area contributed by atoms with Crippen LogP contribution in [0.25, 0.3) is 0 Å². The van der Waals surface area contributed by atoms with E-state index in [1.807, 2.05) is 0 Å². The Morgan fingerprint density at radius 3 is 1.08 bits per heavy atom. The van der Waals surface area contributed by atoms with Crippen LogP contribution in [0.4, 0.5) is 0 Å². The molecular weight excluding hydrogens is 510 g/mol. The van der Waals surface area contributed by atoms with Crippen LogP contribution in [-0.2, 0) is 23.6 Å². The van der Waals surface area contributed by atoms with E-state index in [1.165, 1.54) is 26.8 Å². The highest BCUT2D eigenvalue weighted by atomic mass is 32.4. The molecule has 0 aromatic heterocycles. The molecule has 0 fully saturated rings. The summed E-state index contributed by atoms with van der Waals surface area (Å²) >= 11 is 13.7. The van der Waals surface area contributed by atoms with Crippen molar-refractivity contribution in [2.75, 3.05) is 6.16 Å². The summed E-state index contributed by atoms with van der Waals surface area (Å²) in [5.74, 6) is 0. The highest BCUT2D eigenvalue weighted by Crippen LogP contribution is 2.63. The van der Waals surface area contributed by atoms with Gasteiger partial charge in [-0.2, -0.15) is 0 Å². The maximum Gasteiger partial charge on any atom is 0.0260 e. The van der Waals surface area contributed by atoms with E-state index in [0.717, 1.165) is 6.16 Å². The molecule has 0 saturated heterocycles. The molecule has 0 aliphatic rings. The second-order valence-electron chi connectivity index (χ2n) is 8.85. The third-order valence-electron chi connectivity index (χ3n) is 6.68. The predicted molar refractivity (Wildman–Crippen MR) is 167 cm³/mol. The highest BCUT2D eigenvalue weighted by Gasteiger charge is 2.38. The van der Waals surface area contributed by atoms with Gasteiger partial charge >= 0.3 is 0 Å². The second kappa shape index (κ2) is 11.2. The first-order valence-corrected chi connectivity index (χ1v) is 17.9. The summed E-state index contributed by atoms with van der Waals surface area (Å²) in [6.45, 7) is 0. The van der Waals surface area contributed by atoms with Crippen LogP contribution >= 0.6 is 12.1 Å². The van der Waals surface area contributed by atoms with E-state index in [0.29, 0.717) is 0 Å². The Kier molecular flexibility index (Phi) is 7.80. The van der Waals surface area contributed by atoms with Crippen molar-refractivity contribution < 1.29 is 0 Å².